The number of nitrogens with two attached hydrogens (primary N) is 1. The van der Waals surface area contributed by atoms with Crippen molar-refractivity contribution < 1.29 is 23.5 Å². The molecule has 2 aliphatic rings. The lowest BCUT2D eigenvalue weighted by molar-refractivity contribution is -0.142. The second-order valence-corrected chi connectivity index (χ2v) is 6.66. The molecule has 0 saturated heterocycles. The third kappa shape index (κ3) is 3.36. The van der Waals surface area contributed by atoms with E-state index in [0.717, 1.165) is 23.1 Å². The zero-order valence-corrected chi connectivity index (χ0v) is 15.1. The summed E-state index contributed by atoms with van der Waals surface area (Å²) in [6.07, 6.45) is 1.43. The van der Waals surface area contributed by atoms with Crippen LogP contribution in [0.5, 0.6) is 0 Å². The normalized spacial score (nSPS) is 17.0. The van der Waals surface area contributed by atoms with Crippen molar-refractivity contribution >= 4 is 28.9 Å². The van der Waals surface area contributed by atoms with Crippen LogP contribution in [0.15, 0.2) is 36.4 Å². The van der Waals surface area contributed by atoms with Crippen LogP contribution < -0.4 is 11.1 Å². The van der Waals surface area contributed by atoms with E-state index in [-0.39, 0.29) is 12.5 Å². The van der Waals surface area contributed by atoms with E-state index in [4.69, 9.17) is 15.2 Å². The van der Waals surface area contributed by atoms with Gasteiger partial charge in [0.1, 0.15) is 18.2 Å². The van der Waals surface area contributed by atoms with Crippen LogP contribution in [0.1, 0.15) is 28.7 Å². The first-order valence-electron chi connectivity index (χ1n) is 9.03. The number of anilines is 1. The Morgan fingerprint density at radius 3 is 2.89 bits per heavy atom. The van der Waals surface area contributed by atoms with Gasteiger partial charge in [0.25, 0.3) is 5.91 Å². The Bertz CT molecular complexity index is 1000. The molecule has 0 aliphatic carbocycles. The first-order valence-corrected chi connectivity index (χ1v) is 9.03. The number of aryl methyl sites for hydroxylation is 1. The molecule has 0 bridgehead atoms. The number of hydrogen-bond donors (Lipinski definition) is 2. The number of carbonyl (C=O) groups excluding carboxylic acids is 2. The van der Waals surface area contributed by atoms with E-state index in [1.54, 1.807) is 6.07 Å². The fourth-order valence-electron chi connectivity index (χ4n) is 3.46. The number of halogens is 1. The summed E-state index contributed by atoms with van der Waals surface area (Å²) >= 11 is 0. The van der Waals surface area contributed by atoms with Gasteiger partial charge in [0, 0.05) is 22.4 Å². The van der Waals surface area contributed by atoms with Crippen LogP contribution in [-0.2, 0) is 32.1 Å². The molecule has 2 heterocycles. The second kappa shape index (κ2) is 7.44. The topological polar surface area (TPSA) is 90.7 Å². The number of benzene rings is 2. The Kier molecular flexibility index (Phi) is 4.83. The number of nitrogens with one attached hydrogen (secondary N) is 1. The number of ether oxygens (including phenoxy) is 2. The van der Waals surface area contributed by atoms with Crippen molar-refractivity contribution in [2.75, 3.05) is 18.5 Å². The largest absolute Gasteiger partial charge is 0.487 e. The first-order chi connectivity index (χ1) is 13.6. The molecule has 144 valence electrons. The first kappa shape index (κ1) is 18.2. The highest BCUT2D eigenvalue weighted by atomic mass is 19.1. The molecule has 0 fully saturated rings. The van der Waals surface area contributed by atoms with E-state index in [1.807, 2.05) is 18.2 Å². The average molecular weight is 382 g/mol. The molecule has 1 amide bonds. The van der Waals surface area contributed by atoms with E-state index < -0.39 is 11.8 Å². The van der Waals surface area contributed by atoms with Crippen LogP contribution in [0.2, 0.25) is 0 Å². The molecule has 2 aromatic rings. The quantitative estimate of drug-likeness (QED) is 0.471. The summed E-state index contributed by atoms with van der Waals surface area (Å²) in [5.41, 5.74) is 9.53. The van der Waals surface area contributed by atoms with Crippen molar-refractivity contribution in [2.45, 2.75) is 19.4 Å². The summed E-state index contributed by atoms with van der Waals surface area (Å²) in [7, 11) is 0. The predicted octanol–water partition coefficient (Wildman–Crippen LogP) is 2.61. The van der Waals surface area contributed by atoms with E-state index in [9.17, 15) is 14.0 Å². The van der Waals surface area contributed by atoms with E-state index in [0.29, 0.717) is 42.2 Å². The highest BCUT2D eigenvalue weighted by molar-refractivity contribution is 6.36. The zero-order chi connectivity index (χ0) is 19.7. The van der Waals surface area contributed by atoms with Crippen molar-refractivity contribution in [3.63, 3.8) is 0 Å². The van der Waals surface area contributed by atoms with Gasteiger partial charge in [-0.3, -0.25) is 9.59 Å². The minimum absolute atomic E-state index is 0.117. The third-order valence-corrected chi connectivity index (χ3v) is 4.78. The van der Waals surface area contributed by atoms with Gasteiger partial charge in [0.05, 0.1) is 18.7 Å². The Hall–Kier alpha value is -3.19. The Balaban J connectivity index is 1.56. The molecule has 3 N–H and O–H groups in total. The maximum absolute atomic E-state index is 13.7. The molecule has 0 saturated carbocycles. The van der Waals surface area contributed by atoms with Crippen LogP contribution in [-0.4, -0.2) is 25.0 Å². The molecule has 0 atom stereocenters. The van der Waals surface area contributed by atoms with Gasteiger partial charge in [0.2, 0.25) is 0 Å². The smallest absolute Gasteiger partial charge is 0.319 e. The number of fused-ring (bicyclic) bond motifs is 2. The molecular weight excluding hydrogens is 363 g/mol. The zero-order valence-electron chi connectivity index (χ0n) is 15.1. The van der Waals surface area contributed by atoms with Gasteiger partial charge >= 0.3 is 5.97 Å². The summed E-state index contributed by atoms with van der Waals surface area (Å²) in [5, 5.41) is 2.75. The van der Waals surface area contributed by atoms with Crippen LogP contribution in [0.25, 0.3) is 11.3 Å². The van der Waals surface area contributed by atoms with Crippen LogP contribution in [0, 0.1) is 5.82 Å². The molecule has 0 aromatic heterocycles. The van der Waals surface area contributed by atoms with Gasteiger partial charge in [-0.25, -0.2) is 4.39 Å². The Morgan fingerprint density at radius 2 is 2.07 bits per heavy atom. The van der Waals surface area contributed by atoms with Gasteiger partial charge in [-0.05, 0) is 36.6 Å². The molecule has 0 radical (unpaired) electrons. The van der Waals surface area contributed by atoms with Crippen molar-refractivity contribution in [2.24, 2.45) is 5.73 Å². The highest BCUT2D eigenvalue weighted by Gasteiger charge is 2.32. The minimum Gasteiger partial charge on any atom is -0.487 e. The lowest BCUT2D eigenvalue weighted by atomic mass is 9.98. The summed E-state index contributed by atoms with van der Waals surface area (Å²) in [4.78, 5) is 23.5. The molecule has 0 spiro atoms. The highest BCUT2D eigenvalue weighted by Crippen LogP contribution is 2.41. The van der Waals surface area contributed by atoms with Gasteiger partial charge in [-0.1, -0.05) is 18.2 Å². The second-order valence-electron chi connectivity index (χ2n) is 6.66. The maximum atomic E-state index is 13.7. The molecular formula is C21H19FN2O4. The van der Waals surface area contributed by atoms with Crippen molar-refractivity contribution in [3.05, 3.63) is 64.5 Å². The predicted molar refractivity (Wildman–Crippen MR) is 101 cm³/mol. The molecule has 4 rings (SSSR count). The van der Waals surface area contributed by atoms with Crippen molar-refractivity contribution in [1.82, 2.24) is 0 Å². The molecule has 2 aliphatic heterocycles. The number of hydrogen-bond acceptors (Lipinski definition) is 5. The average Bonchev–Trinajstić information content (AvgIpc) is 3.24. The monoisotopic (exact) mass is 382 g/mol. The lowest BCUT2D eigenvalue weighted by Gasteiger charge is -2.07. The number of amides is 1. The standard InChI is InChI=1S/C21H19FN2O4/c22-14-4-6-17-16(9-14)19(21(26)24-17)20-15-5-3-12(8-13(15)11-28-20)2-1-7-27-18(25)10-23/h3-6,8-9H,1-2,7,10-11,23H2,(H,24,26)/b20-19+. The van der Waals surface area contributed by atoms with Crippen molar-refractivity contribution in [1.29, 1.82) is 0 Å². The number of rotatable bonds is 5. The molecule has 6 nitrogen and oxygen atoms in total. The fraction of sp³-hybridized carbons (Fsp3) is 0.238. The fourth-order valence-corrected chi connectivity index (χ4v) is 3.46. The van der Waals surface area contributed by atoms with Gasteiger partial charge < -0.3 is 20.5 Å². The van der Waals surface area contributed by atoms with Crippen LogP contribution in [0.4, 0.5) is 10.1 Å². The van der Waals surface area contributed by atoms with E-state index in [1.165, 1.54) is 12.1 Å². The summed E-state index contributed by atoms with van der Waals surface area (Å²) in [5.74, 6) is -0.642. The Morgan fingerprint density at radius 1 is 1.21 bits per heavy atom. The maximum Gasteiger partial charge on any atom is 0.319 e. The number of esters is 1. The summed E-state index contributed by atoms with van der Waals surface area (Å²) < 4.78 is 24.5. The van der Waals surface area contributed by atoms with E-state index >= 15 is 0 Å². The summed E-state index contributed by atoms with van der Waals surface area (Å²) in [6.45, 7) is 0.553. The molecule has 0 unspecified atom stereocenters. The molecule has 7 heteroatoms. The van der Waals surface area contributed by atoms with Gasteiger partial charge in [-0.15, -0.1) is 0 Å². The number of carbonyl (C=O) groups is 2. The Labute approximate surface area is 161 Å². The van der Waals surface area contributed by atoms with Crippen LogP contribution >= 0.6 is 0 Å². The lowest BCUT2D eigenvalue weighted by Crippen LogP contribution is -2.17. The van der Waals surface area contributed by atoms with Crippen molar-refractivity contribution in [3.8, 4) is 0 Å². The SMILES string of the molecule is NCC(=O)OCCCc1ccc2c(c1)CO/C2=C1/C(=O)Nc2ccc(F)cc21. The summed E-state index contributed by atoms with van der Waals surface area (Å²) in [6, 6.07) is 10.1. The molecule has 28 heavy (non-hydrogen) atoms. The van der Waals surface area contributed by atoms with E-state index in [2.05, 4.69) is 5.32 Å². The van der Waals surface area contributed by atoms with Crippen LogP contribution in [0.3, 0.4) is 0 Å². The third-order valence-electron chi connectivity index (χ3n) is 4.78. The minimum atomic E-state index is -0.412. The molecule has 2 aromatic carbocycles. The van der Waals surface area contributed by atoms with Gasteiger partial charge in [0.15, 0.2) is 0 Å². The van der Waals surface area contributed by atoms with Gasteiger partial charge in [-0.2, -0.15) is 0 Å².